The van der Waals surface area contributed by atoms with Crippen LogP contribution in [-0.2, 0) is 0 Å². The van der Waals surface area contributed by atoms with Crippen molar-refractivity contribution in [3.63, 3.8) is 0 Å². The summed E-state index contributed by atoms with van der Waals surface area (Å²) in [5.74, 6) is -0.0861. The van der Waals surface area contributed by atoms with Gasteiger partial charge >= 0.3 is 6.61 Å². The van der Waals surface area contributed by atoms with E-state index in [0.29, 0.717) is 24.9 Å². The number of nitro groups is 1. The molecular formula is C26H16F2N4O4S2. The van der Waals surface area contributed by atoms with Crippen molar-refractivity contribution >= 4 is 45.2 Å². The van der Waals surface area contributed by atoms with Crippen LogP contribution >= 0.6 is 23.1 Å². The monoisotopic (exact) mass is 550 g/mol. The second-order valence-electron chi connectivity index (χ2n) is 7.69. The van der Waals surface area contributed by atoms with Gasteiger partial charge in [0.05, 0.1) is 25.6 Å². The predicted octanol–water partition coefficient (Wildman–Crippen LogP) is 6.67. The Bertz CT molecular complexity index is 1720. The van der Waals surface area contributed by atoms with E-state index in [-0.39, 0.29) is 17.0 Å². The van der Waals surface area contributed by atoms with E-state index in [4.69, 9.17) is 0 Å². The van der Waals surface area contributed by atoms with Crippen molar-refractivity contribution in [1.29, 1.82) is 0 Å². The van der Waals surface area contributed by atoms with Crippen molar-refractivity contribution in [2.45, 2.75) is 15.7 Å². The number of nitro benzene ring substituents is 1. The lowest BCUT2D eigenvalue weighted by Crippen LogP contribution is -2.17. The Kier molecular flexibility index (Phi) is 7.24. The minimum Gasteiger partial charge on any atom is -0.434 e. The van der Waals surface area contributed by atoms with Crippen LogP contribution in [0.5, 0.6) is 5.75 Å². The number of aromatic nitrogens is 2. The van der Waals surface area contributed by atoms with Crippen LogP contribution in [-0.4, -0.2) is 27.4 Å². The van der Waals surface area contributed by atoms with E-state index in [2.05, 4.69) is 14.8 Å². The lowest BCUT2D eigenvalue weighted by molar-refractivity contribution is -0.387. The average Bonchev–Trinajstić information content (AvgIpc) is 3.28. The van der Waals surface area contributed by atoms with Crippen LogP contribution < -0.4 is 10.3 Å². The highest BCUT2D eigenvalue weighted by Gasteiger charge is 2.23. The molecule has 0 atom stereocenters. The summed E-state index contributed by atoms with van der Waals surface area (Å²) in [6.45, 7) is -3.01. The maximum absolute atomic E-state index is 13.6. The third kappa shape index (κ3) is 5.17. The number of fused-ring (bicyclic) bond motifs is 1. The van der Waals surface area contributed by atoms with Crippen LogP contribution in [0.2, 0.25) is 0 Å². The molecule has 0 aliphatic carbocycles. The summed E-state index contributed by atoms with van der Waals surface area (Å²) in [5, 5.41) is 16.0. The summed E-state index contributed by atoms with van der Waals surface area (Å²) in [7, 11) is 0. The fourth-order valence-corrected chi connectivity index (χ4v) is 6.17. The molecule has 38 heavy (non-hydrogen) atoms. The van der Waals surface area contributed by atoms with Crippen LogP contribution in [0.3, 0.4) is 0 Å². The molecular weight excluding hydrogens is 534 g/mol. The average molecular weight is 551 g/mol. The molecule has 0 saturated carbocycles. The Morgan fingerprint density at radius 2 is 1.76 bits per heavy atom. The molecule has 3 aromatic carbocycles. The Labute approximate surface area is 222 Å². The van der Waals surface area contributed by atoms with Crippen LogP contribution in [0, 0.1) is 10.1 Å². The largest absolute Gasteiger partial charge is 0.434 e. The molecule has 8 nitrogen and oxygen atoms in total. The lowest BCUT2D eigenvalue weighted by Gasteiger charge is -2.07. The fraction of sp³-hybridized carbons (Fsp3) is 0.0385. The Morgan fingerprint density at radius 1 is 1.05 bits per heavy atom. The van der Waals surface area contributed by atoms with Gasteiger partial charge in [-0.1, -0.05) is 66.4 Å². The van der Waals surface area contributed by atoms with E-state index in [9.17, 15) is 23.7 Å². The molecule has 0 bridgehead atoms. The minimum atomic E-state index is -3.01. The van der Waals surface area contributed by atoms with Gasteiger partial charge < -0.3 is 4.74 Å². The van der Waals surface area contributed by atoms with Crippen molar-refractivity contribution in [3.8, 4) is 16.9 Å². The molecule has 12 heteroatoms. The molecule has 0 saturated heterocycles. The zero-order valence-corrected chi connectivity index (χ0v) is 20.9. The lowest BCUT2D eigenvalue weighted by atomic mass is 10.1. The fourth-order valence-electron chi connectivity index (χ4n) is 3.69. The number of halogens is 2. The molecule has 0 amide bonds. The first-order valence-electron chi connectivity index (χ1n) is 11.0. The summed E-state index contributed by atoms with van der Waals surface area (Å²) in [4.78, 5) is 30.0. The molecule has 0 unspecified atom stereocenters. The highest BCUT2D eigenvalue weighted by molar-refractivity contribution is 8.01. The van der Waals surface area contributed by atoms with Crippen molar-refractivity contribution < 1.29 is 18.4 Å². The molecule has 0 fully saturated rings. The van der Waals surface area contributed by atoms with Gasteiger partial charge in [-0.2, -0.15) is 18.6 Å². The minimum absolute atomic E-state index is 0.0476. The van der Waals surface area contributed by atoms with Gasteiger partial charge in [0.15, 0.2) is 0 Å². The number of benzene rings is 3. The quantitative estimate of drug-likeness (QED) is 0.122. The zero-order chi connectivity index (χ0) is 26.6. The Balaban J connectivity index is 1.64. The van der Waals surface area contributed by atoms with Gasteiger partial charge in [0.2, 0.25) is 0 Å². The molecule has 5 rings (SSSR count). The summed E-state index contributed by atoms with van der Waals surface area (Å²) >= 11 is 2.43. The first-order valence-corrected chi connectivity index (χ1v) is 12.6. The van der Waals surface area contributed by atoms with E-state index in [0.717, 1.165) is 10.2 Å². The summed E-state index contributed by atoms with van der Waals surface area (Å²) < 4.78 is 31.7. The predicted molar refractivity (Wildman–Crippen MR) is 143 cm³/mol. The number of hydrogen-bond donors (Lipinski definition) is 0. The molecule has 2 aromatic heterocycles. The van der Waals surface area contributed by atoms with Crippen molar-refractivity contribution in [2.24, 2.45) is 5.10 Å². The number of rotatable bonds is 8. The standard InChI is InChI=1S/C26H16F2N4O4S2/c27-26(28)36-19-12-6-4-10-17(19)14-30-31-15-29-23-22(24(31)33)21(16-8-2-1-3-9-16)25(38-23)37-20-13-7-5-11-18(20)32(34)35/h1-15,26H. The number of thiophene rings is 1. The van der Waals surface area contributed by atoms with Crippen molar-refractivity contribution in [3.05, 3.63) is 111 Å². The first-order chi connectivity index (χ1) is 18.4. The van der Waals surface area contributed by atoms with Gasteiger partial charge in [0.1, 0.15) is 16.9 Å². The number of alkyl halides is 2. The SMILES string of the molecule is O=c1c2c(-c3ccccc3)c(Sc3ccccc3[N+](=O)[O-])sc2ncn1N=Cc1ccccc1OC(F)F. The molecule has 0 spiro atoms. The van der Waals surface area contributed by atoms with Gasteiger partial charge in [-0.15, -0.1) is 11.3 Å². The third-order valence-corrected chi connectivity index (χ3v) is 7.69. The number of ether oxygens (including phenoxy) is 1. The number of nitrogens with zero attached hydrogens (tertiary/aromatic N) is 4. The van der Waals surface area contributed by atoms with Gasteiger partial charge in [-0.3, -0.25) is 14.9 Å². The van der Waals surface area contributed by atoms with E-state index in [1.54, 1.807) is 30.3 Å². The van der Waals surface area contributed by atoms with Gasteiger partial charge in [-0.25, -0.2) is 4.98 Å². The molecule has 0 aliphatic heterocycles. The van der Waals surface area contributed by atoms with E-state index < -0.39 is 17.1 Å². The van der Waals surface area contributed by atoms with Crippen LogP contribution in [0.15, 0.2) is 104 Å². The molecule has 0 N–H and O–H groups in total. The van der Waals surface area contributed by atoms with Crippen molar-refractivity contribution in [2.75, 3.05) is 0 Å². The number of para-hydroxylation sites is 2. The van der Waals surface area contributed by atoms with Gasteiger partial charge in [0, 0.05) is 17.2 Å². The van der Waals surface area contributed by atoms with E-state index in [1.807, 2.05) is 30.3 Å². The topological polar surface area (TPSA) is 99.6 Å². The maximum Gasteiger partial charge on any atom is 0.387 e. The Morgan fingerprint density at radius 3 is 2.53 bits per heavy atom. The van der Waals surface area contributed by atoms with Crippen LogP contribution in [0.1, 0.15) is 5.56 Å². The normalized spacial score (nSPS) is 11.4. The second-order valence-corrected chi connectivity index (χ2v) is 10.0. The first kappa shape index (κ1) is 25.2. The van der Waals surface area contributed by atoms with Gasteiger partial charge in [-0.05, 0) is 23.8 Å². The molecule has 0 radical (unpaired) electrons. The van der Waals surface area contributed by atoms with Crippen molar-refractivity contribution in [1.82, 2.24) is 9.66 Å². The second kappa shape index (κ2) is 10.9. The summed E-state index contributed by atoms with van der Waals surface area (Å²) in [5.41, 5.74) is 1.03. The van der Waals surface area contributed by atoms with Crippen LogP contribution in [0.4, 0.5) is 14.5 Å². The molecule has 0 aliphatic rings. The third-order valence-electron chi connectivity index (χ3n) is 5.35. The van der Waals surface area contributed by atoms with E-state index >= 15 is 0 Å². The van der Waals surface area contributed by atoms with Crippen LogP contribution in [0.25, 0.3) is 21.3 Å². The van der Waals surface area contributed by atoms with Gasteiger partial charge in [0.25, 0.3) is 11.2 Å². The number of hydrogen-bond acceptors (Lipinski definition) is 8. The zero-order valence-electron chi connectivity index (χ0n) is 19.2. The molecule has 2 heterocycles. The summed E-state index contributed by atoms with van der Waals surface area (Å²) in [6, 6.07) is 21.6. The van der Waals surface area contributed by atoms with E-state index in [1.165, 1.54) is 53.8 Å². The highest BCUT2D eigenvalue weighted by Crippen LogP contribution is 2.46. The Hall–Kier alpha value is -4.42. The highest BCUT2D eigenvalue weighted by atomic mass is 32.2. The molecule has 190 valence electrons. The smallest absolute Gasteiger partial charge is 0.387 e. The summed E-state index contributed by atoms with van der Waals surface area (Å²) in [6.07, 6.45) is 2.48. The molecule has 5 aromatic rings. The maximum atomic E-state index is 13.6.